The van der Waals surface area contributed by atoms with Gasteiger partial charge in [-0.2, -0.15) is 0 Å². The largest absolute Gasteiger partial charge is 0.496 e. The molecule has 1 aliphatic heterocycles. The number of aryl methyl sites for hydroxylation is 1. The molecule has 0 saturated carbocycles. The molecule has 2 N–H and O–H groups in total. The van der Waals surface area contributed by atoms with Crippen molar-refractivity contribution in [2.45, 2.75) is 18.9 Å². The molecule has 4 aromatic rings. The number of nitrogens with one attached hydrogen (secondary N) is 1. The second kappa shape index (κ2) is 7.89. The molecular weight excluding hydrogens is 390 g/mol. The van der Waals surface area contributed by atoms with Crippen molar-refractivity contribution >= 4 is 10.8 Å². The molecule has 0 amide bonds. The van der Waals surface area contributed by atoms with Gasteiger partial charge in [-0.05, 0) is 29.3 Å². The van der Waals surface area contributed by atoms with Gasteiger partial charge >= 0.3 is 0 Å². The van der Waals surface area contributed by atoms with Crippen LogP contribution < -0.4 is 15.0 Å². The topological polar surface area (TPSA) is 80.4 Å². The van der Waals surface area contributed by atoms with Crippen LogP contribution in [0.4, 0.5) is 0 Å². The van der Waals surface area contributed by atoms with E-state index in [1.165, 1.54) is 0 Å². The van der Waals surface area contributed by atoms with Crippen LogP contribution in [0, 0.1) is 5.41 Å². The Morgan fingerprint density at radius 2 is 1.87 bits per heavy atom. The van der Waals surface area contributed by atoms with Crippen molar-refractivity contribution in [3.05, 3.63) is 89.2 Å². The van der Waals surface area contributed by atoms with Gasteiger partial charge in [0.15, 0.2) is 0 Å². The molecule has 0 spiro atoms. The monoisotopic (exact) mass is 413 g/mol. The predicted molar refractivity (Wildman–Crippen MR) is 118 cm³/mol. The molecule has 1 atom stereocenters. The van der Waals surface area contributed by atoms with Crippen LogP contribution in [0.5, 0.6) is 17.4 Å². The molecule has 0 fully saturated rings. The third-order valence-electron chi connectivity index (χ3n) is 5.81. The fraction of sp³-hybridized carbons (Fsp3) is 0.200. The molecule has 0 aliphatic carbocycles. The van der Waals surface area contributed by atoms with Crippen molar-refractivity contribution in [3.63, 3.8) is 0 Å². The molecule has 0 radical (unpaired) electrons. The van der Waals surface area contributed by atoms with Crippen molar-refractivity contribution < 1.29 is 14.6 Å². The smallest absolute Gasteiger partial charge is 0.228 e. The van der Waals surface area contributed by atoms with E-state index >= 15 is 0 Å². The van der Waals surface area contributed by atoms with Crippen molar-refractivity contribution in [1.29, 1.82) is 5.41 Å². The second-order valence-electron chi connectivity index (χ2n) is 7.56. The Morgan fingerprint density at radius 3 is 2.71 bits per heavy atom. The van der Waals surface area contributed by atoms with Crippen molar-refractivity contribution in [2.75, 3.05) is 13.7 Å². The molecule has 1 aliphatic rings. The second-order valence-corrected chi connectivity index (χ2v) is 7.56. The molecule has 31 heavy (non-hydrogen) atoms. The summed E-state index contributed by atoms with van der Waals surface area (Å²) in [6, 6.07) is 20.1. The molecule has 6 nitrogen and oxygen atoms in total. The quantitative estimate of drug-likeness (QED) is 0.453. The Labute approximate surface area is 179 Å². The lowest BCUT2D eigenvalue weighted by molar-refractivity contribution is 0.278. The highest BCUT2D eigenvalue weighted by Gasteiger charge is 2.34. The highest BCUT2D eigenvalue weighted by Crippen LogP contribution is 2.49. The maximum atomic E-state index is 9.27. The number of para-hydroxylation sites is 1. The van der Waals surface area contributed by atoms with Crippen LogP contribution in [0.2, 0.25) is 0 Å². The van der Waals surface area contributed by atoms with Crippen molar-refractivity contribution in [3.8, 4) is 17.4 Å². The standard InChI is InChI=1S/C25H23N3O3/c1-30-19-10-5-4-9-18(19)22-21-17-8-3-2-7-16(17)11-12-20(21)31-25-23(22)24(26)28(15-27-25)13-6-14-29/h2-5,7-12,15,22,26,29H,6,13-14H2,1H3/t22-/m1/s1. The van der Waals surface area contributed by atoms with Crippen LogP contribution in [0.15, 0.2) is 67.0 Å². The number of benzene rings is 3. The van der Waals surface area contributed by atoms with E-state index < -0.39 is 0 Å². The molecule has 0 unspecified atom stereocenters. The van der Waals surface area contributed by atoms with Crippen LogP contribution in [0.25, 0.3) is 10.8 Å². The summed E-state index contributed by atoms with van der Waals surface area (Å²) >= 11 is 0. The Hall–Kier alpha value is -3.64. The zero-order valence-corrected chi connectivity index (χ0v) is 17.2. The van der Waals surface area contributed by atoms with Gasteiger partial charge in [0.05, 0.1) is 18.6 Å². The fourth-order valence-corrected chi connectivity index (χ4v) is 4.38. The number of rotatable bonds is 5. The normalized spacial score (nSPS) is 14.6. The summed E-state index contributed by atoms with van der Waals surface area (Å²) in [7, 11) is 1.66. The van der Waals surface area contributed by atoms with Crippen LogP contribution in [-0.4, -0.2) is 28.4 Å². The van der Waals surface area contributed by atoms with E-state index in [0.717, 1.165) is 33.4 Å². The molecule has 1 aromatic heterocycles. The minimum Gasteiger partial charge on any atom is -0.496 e. The summed E-state index contributed by atoms with van der Waals surface area (Å²) in [5.74, 6) is 1.65. The SMILES string of the molecule is COc1ccccc1[C@H]1c2c(ncn(CCCO)c2=N)Oc2ccc3ccccc3c21. The van der Waals surface area contributed by atoms with Gasteiger partial charge in [0.25, 0.3) is 0 Å². The average Bonchev–Trinajstić information content (AvgIpc) is 2.82. The van der Waals surface area contributed by atoms with Gasteiger partial charge in [-0.1, -0.05) is 48.5 Å². The first-order valence-electron chi connectivity index (χ1n) is 10.3. The first kappa shape index (κ1) is 19.3. The summed E-state index contributed by atoms with van der Waals surface area (Å²) in [5.41, 5.74) is 2.99. The number of hydrogen-bond acceptors (Lipinski definition) is 5. The summed E-state index contributed by atoms with van der Waals surface area (Å²) < 4.78 is 13.7. The van der Waals surface area contributed by atoms with Gasteiger partial charge in [0, 0.05) is 24.3 Å². The third-order valence-corrected chi connectivity index (χ3v) is 5.81. The number of ether oxygens (including phenoxy) is 2. The zero-order valence-electron chi connectivity index (χ0n) is 17.2. The number of fused-ring (bicyclic) bond motifs is 4. The number of methoxy groups -OCH3 is 1. The highest BCUT2D eigenvalue weighted by atomic mass is 16.5. The Morgan fingerprint density at radius 1 is 1.06 bits per heavy atom. The van der Waals surface area contributed by atoms with Gasteiger partial charge in [-0.3, -0.25) is 5.41 Å². The number of aromatic nitrogens is 2. The first-order valence-corrected chi connectivity index (χ1v) is 10.3. The summed E-state index contributed by atoms with van der Waals surface area (Å²) in [4.78, 5) is 4.54. The molecule has 3 aromatic carbocycles. The minimum absolute atomic E-state index is 0.0590. The van der Waals surface area contributed by atoms with Gasteiger partial charge in [0.1, 0.15) is 23.3 Å². The van der Waals surface area contributed by atoms with Gasteiger partial charge in [-0.15, -0.1) is 0 Å². The number of aliphatic hydroxyl groups excluding tert-OH is 1. The Kier molecular flexibility index (Phi) is 4.92. The molecule has 0 bridgehead atoms. The van der Waals surface area contributed by atoms with E-state index in [2.05, 4.69) is 17.1 Å². The van der Waals surface area contributed by atoms with E-state index in [9.17, 15) is 5.11 Å². The van der Waals surface area contributed by atoms with Crippen LogP contribution in [0.1, 0.15) is 29.0 Å². The number of aliphatic hydroxyl groups is 1. The maximum absolute atomic E-state index is 9.27. The molecule has 0 saturated heterocycles. The Bertz CT molecular complexity index is 1330. The van der Waals surface area contributed by atoms with E-state index in [0.29, 0.717) is 29.9 Å². The average molecular weight is 413 g/mol. The molecule has 6 heteroatoms. The number of hydrogen-bond donors (Lipinski definition) is 2. The highest BCUT2D eigenvalue weighted by molar-refractivity contribution is 5.90. The predicted octanol–water partition coefficient (Wildman–Crippen LogP) is 4.19. The van der Waals surface area contributed by atoms with E-state index in [4.69, 9.17) is 14.9 Å². The van der Waals surface area contributed by atoms with E-state index in [1.54, 1.807) is 18.0 Å². The minimum atomic E-state index is -0.275. The van der Waals surface area contributed by atoms with Crippen LogP contribution in [-0.2, 0) is 6.54 Å². The van der Waals surface area contributed by atoms with Crippen molar-refractivity contribution in [2.24, 2.45) is 0 Å². The summed E-state index contributed by atoms with van der Waals surface area (Å²) in [6.45, 7) is 0.570. The van der Waals surface area contributed by atoms with Gasteiger partial charge < -0.3 is 19.1 Å². The number of nitrogens with zero attached hydrogens (tertiary/aromatic N) is 2. The van der Waals surface area contributed by atoms with E-state index in [1.807, 2.05) is 48.5 Å². The summed E-state index contributed by atoms with van der Waals surface area (Å²) in [5, 5.41) is 20.4. The molecule has 2 heterocycles. The zero-order chi connectivity index (χ0) is 21.4. The van der Waals surface area contributed by atoms with Crippen molar-refractivity contribution in [1.82, 2.24) is 9.55 Å². The molecule has 5 rings (SSSR count). The fourth-order valence-electron chi connectivity index (χ4n) is 4.38. The maximum Gasteiger partial charge on any atom is 0.228 e. The van der Waals surface area contributed by atoms with Gasteiger partial charge in [0.2, 0.25) is 5.88 Å². The molecule has 156 valence electrons. The third kappa shape index (κ3) is 3.16. The van der Waals surface area contributed by atoms with Gasteiger partial charge in [-0.25, -0.2) is 4.98 Å². The van der Waals surface area contributed by atoms with Crippen LogP contribution >= 0.6 is 0 Å². The first-order chi connectivity index (χ1) is 15.2. The van der Waals surface area contributed by atoms with E-state index in [-0.39, 0.29) is 12.5 Å². The lowest BCUT2D eigenvalue weighted by Gasteiger charge is -2.30. The molecular formula is C25H23N3O3. The lowest BCUT2D eigenvalue weighted by Crippen LogP contribution is -2.30. The van der Waals surface area contributed by atoms with Crippen LogP contribution in [0.3, 0.4) is 0 Å². The lowest BCUT2D eigenvalue weighted by atomic mass is 9.81. The Balaban J connectivity index is 1.84. The summed E-state index contributed by atoms with van der Waals surface area (Å²) in [6.07, 6.45) is 2.17.